The van der Waals surface area contributed by atoms with Crippen LogP contribution in [0.25, 0.3) is 0 Å². The number of nitrogens with one attached hydrogen (secondary N) is 1. The van der Waals surface area contributed by atoms with Crippen LogP contribution in [0, 0.1) is 5.92 Å². The van der Waals surface area contributed by atoms with Crippen molar-refractivity contribution in [1.29, 1.82) is 0 Å². The van der Waals surface area contributed by atoms with Gasteiger partial charge in [-0.3, -0.25) is 4.79 Å². The molecule has 0 bridgehead atoms. The van der Waals surface area contributed by atoms with E-state index < -0.39 is 5.91 Å². The predicted octanol–water partition coefficient (Wildman–Crippen LogP) is 1.98. The van der Waals surface area contributed by atoms with Gasteiger partial charge in [0.2, 0.25) is 5.91 Å². The topological polar surface area (TPSA) is 58.4 Å². The Kier molecular flexibility index (Phi) is 4.82. The van der Waals surface area contributed by atoms with E-state index in [9.17, 15) is 4.79 Å². The zero-order chi connectivity index (χ0) is 13.8. The zero-order valence-corrected chi connectivity index (χ0v) is 12.7. The van der Waals surface area contributed by atoms with Crippen molar-refractivity contribution in [2.24, 2.45) is 11.7 Å². The van der Waals surface area contributed by atoms with Gasteiger partial charge in [-0.1, -0.05) is 0 Å². The number of hydrogen-bond donors (Lipinski definition) is 2. The molecule has 1 aliphatic heterocycles. The Hall–Kier alpha value is -1.07. The molecule has 5 heteroatoms. The number of primary amides is 1. The molecule has 1 heterocycles. The van der Waals surface area contributed by atoms with Crippen molar-refractivity contribution in [2.75, 3.05) is 31.6 Å². The zero-order valence-electron chi connectivity index (χ0n) is 11.2. The van der Waals surface area contributed by atoms with Gasteiger partial charge in [-0.15, -0.1) is 0 Å². The summed E-state index contributed by atoms with van der Waals surface area (Å²) >= 11 is 3.40. The molecule has 0 aliphatic carbocycles. The molecule has 1 aliphatic rings. The highest BCUT2D eigenvalue weighted by molar-refractivity contribution is 9.10. The molecule has 1 amide bonds. The van der Waals surface area contributed by atoms with Crippen LogP contribution in [0.1, 0.15) is 23.2 Å². The summed E-state index contributed by atoms with van der Waals surface area (Å²) in [6.45, 7) is 3.27. The van der Waals surface area contributed by atoms with Crippen LogP contribution in [0.2, 0.25) is 0 Å². The molecule has 104 valence electrons. The second kappa shape index (κ2) is 6.39. The quantitative estimate of drug-likeness (QED) is 0.890. The molecule has 0 unspecified atom stereocenters. The van der Waals surface area contributed by atoms with Gasteiger partial charge in [0.25, 0.3) is 0 Å². The minimum Gasteiger partial charge on any atom is -0.374 e. The van der Waals surface area contributed by atoms with Crippen molar-refractivity contribution >= 4 is 27.5 Å². The first kappa shape index (κ1) is 14.3. The first-order chi connectivity index (χ1) is 9.08. The molecule has 1 saturated heterocycles. The van der Waals surface area contributed by atoms with Gasteiger partial charge in [0.05, 0.1) is 5.56 Å². The van der Waals surface area contributed by atoms with Gasteiger partial charge in [-0.25, -0.2) is 0 Å². The van der Waals surface area contributed by atoms with Crippen LogP contribution in [0.15, 0.2) is 22.7 Å². The number of anilines is 1. The lowest BCUT2D eigenvalue weighted by Crippen LogP contribution is -2.34. The van der Waals surface area contributed by atoms with E-state index >= 15 is 0 Å². The molecule has 1 aromatic carbocycles. The van der Waals surface area contributed by atoms with Gasteiger partial charge in [-0.05, 0) is 66.0 Å². The maximum atomic E-state index is 11.2. The number of nitrogens with two attached hydrogens (primary N) is 1. The van der Waals surface area contributed by atoms with E-state index in [1.165, 1.54) is 12.8 Å². The summed E-state index contributed by atoms with van der Waals surface area (Å²) in [5.41, 5.74) is 6.93. The molecule has 0 atom stereocenters. The average Bonchev–Trinajstić information content (AvgIpc) is 2.39. The smallest absolute Gasteiger partial charge is 0.249 e. The normalized spacial score (nSPS) is 16.3. The molecule has 4 nitrogen and oxygen atoms in total. The van der Waals surface area contributed by atoms with Crippen molar-refractivity contribution in [2.45, 2.75) is 12.8 Å². The fraction of sp³-hybridized carbons (Fsp3) is 0.500. The minimum absolute atomic E-state index is 0.403. The monoisotopic (exact) mass is 325 g/mol. The third-order valence-corrected chi connectivity index (χ3v) is 4.31. The third kappa shape index (κ3) is 3.70. The summed E-state index contributed by atoms with van der Waals surface area (Å²) in [5, 5.41) is 3.38. The Morgan fingerprint density at radius 2 is 2.16 bits per heavy atom. The van der Waals surface area contributed by atoms with E-state index in [0.29, 0.717) is 5.56 Å². The SMILES string of the molecule is CN(CC1CCNCC1)c1ccc(C(N)=O)c(Br)c1. The molecular weight excluding hydrogens is 306 g/mol. The summed E-state index contributed by atoms with van der Waals surface area (Å²) in [5.74, 6) is 0.334. The van der Waals surface area contributed by atoms with Crippen molar-refractivity contribution in [3.63, 3.8) is 0 Å². The van der Waals surface area contributed by atoms with Gasteiger partial charge in [-0.2, -0.15) is 0 Å². The van der Waals surface area contributed by atoms with Crippen LogP contribution in [-0.4, -0.2) is 32.6 Å². The van der Waals surface area contributed by atoms with Gasteiger partial charge in [0.15, 0.2) is 0 Å². The van der Waals surface area contributed by atoms with Crippen LogP contribution in [0.4, 0.5) is 5.69 Å². The number of nitrogens with zero attached hydrogens (tertiary/aromatic N) is 1. The first-order valence-electron chi connectivity index (χ1n) is 6.59. The molecule has 1 fully saturated rings. The molecule has 0 radical (unpaired) electrons. The van der Waals surface area contributed by atoms with E-state index in [1.54, 1.807) is 6.07 Å². The largest absolute Gasteiger partial charge is 0.374 e. The van der Waals surface area contributed by atoms with Crippen LogP contribution in [-0.2, 0) is 0 Å². The van der Waals surface area contributed by atoms with E-state index in [-0.39, 0.29) is 0 Å². The predicted molar refractivity (Wildman–Crippen MR) is 81.5 cm³/mol. The summed E-state index contributed by atoms with van der Waals surface area (Å²) in [7, 11) is 2.09. The number of carbonyl (C=O) groups excluding carboxylic acids is 1. The van der Waals surface area contributed by atoms with Gasteiger partial charge in [0.1, 0.15) is 0 Å². The number of hydrogen-bond acceptors (Lipinski definition) is 3. The first-order valence-corrected chi connectivity index (χ1v) is 7.38. The Labute approximate surface area is 122 Å². The fourth-order valence-electron chi connectivity index (χ4n) is 2.50. The Morgan fingerprint density at radius 1 is 1.47 bits per heavy atom. The number of amides is 1. The average molecular weight is 326 g/mol. The molecule has 3 N–H and O–H groups in total. The maximum Gasteiger partial charge on any atom is 0.249 e. The van der Waals surface area contributed by atoms with E-state index in [4.69, 9.17) is 5.73 Å². The minimum atomic E-state index is -0.403. The van der Waals surface area contributed by atoms with Crippen molar-refractivity contribution < 1.29 is 4.79 Å². The van der Waals surface area contributed by atoms with Gasteiger partial charge in [0, 0.05) is 23.8 Å². The number of halogens is 1. The van der Waals surface area contributed by atoms with Crippen molar-refractivity contribution in [3.8, 4) is 0 Å². The molecular formula is C14H20BrN3O. The summed E-state index contributed by atoms with van der Waals surface area (Å²) in [4.78, 5) is 13.4. The molecule has 1 aromatic rings. The molecule has 0 spiro atoms. The summed E-state index contributed by atoms with van der Waals surface area (Å²) in [6.07, 6.45) is 2.45. The van der Waals surface area contributed by atoms with Gasteiger partial charge >= 0.3 is 0 Å². The molecule has 19 heavy (non-hydrogen) atoms. The Balaban J connectivity index is 2.04. The number of piperidine rings is 1. The van der Waals surface area contributed by atoms with Crippen LogP contribution in [0.3, 0.4) is 0 Å². The lowest BCUT2D eigenvalue weighted by Gasteiger charge is -2.29. The summed E-state index contributed by atoms with van der Waals surface area (Å²) in [6, 6.07) is 5.69. The highest BCUT2D eigenvalue weighted by atomic mass is 79.9. The van der Waals surface area contributed by atoms with Crippen LogP contribution >= 0.6 is 15.9 Å². The number of carbonyl (C=O) groups is 1. The maximum absolute atomic E-state index is 11.2. The van der Waals surface area contributed by atoms with Crippen LogP contribution in [0.5, 0.6) is 0 Å². The van der Waals surface area contributed by atoms with Crippen LogP contribution < -0.4 is 16.0 Å². The van der Waals surface area contributed by atoms with Crippen molar-refractivity contribution in [1.82, 2.24) is 5.32 Å². The second-order valence-electron chi connectivity index (χ2n) is 5.10. The van der Waals surface area contributed by atoms with E-state index in [1.807, 2.05) is 12.1 Å². The van der Waals surface area contributed by atoms with E-state index in [2.05, 4.69) is 33.2 Å². The highest BCUT2D eigenvalue weighted by Gasteiger charge is 2.16. The molecule has 0 saturated carbocycles. The highest BCUT2D eigenvalue weighted by Crippen LogP contribution is 2.25. The lowest BCUT2D eigenvalue weighted by molar-refractivity contribution is 0.0999. The lowest BCUT2D eigenvalue weighted by atomic mass is 9.97. The summed E-state index contributed by atoms with van der Waals surface area (Å²) < 4.78 is 0.759. The second-order valence-corrected chi connectivity index (χ2v) is 5.96. The standard InChI is InChI=1S/C14H20BrN3O/c1-18(9-10-4-6-17-7-5-10)11-2-3-12(14(16)19)13(15)8-11/h2-3,8,10,17H,4-7,9H2,1H3,(H2,16,19). The third-order valence-electron chi connectivity index (χ3n) is 3.65. The number of rotatable bonds is 4. The number of benzene rings is 1. The van der Waals surface area contributed by atoms with Gasteiger partial charge < -0.3 is 16.0 Å². The van der Waals surface area contributed by atoms with Crippen molar-refractivity contribution in [3.05, 3.63) is 28.2 Å². The Bertz CT molecular complexity index is 458. The Morgan fingerprint density at radius 3 is 2.74 bits per heavy atom. The molecule has 2 rings (SSSR count). The fourth-order valence-corrected chi connectivity index (χ4v) is 3.06. The molecule has 0 aromatic heterocycles. The van der Waals surface area contributed by atoms with E-state index in [0.717, 1.165) is 35.7 Å².